The van der Waals surface area contributed by atoms with Gasteiger partial charge in [0, 0.05) is 5.56 Å². The minimum atomic E-state index is -0.212. The lowest BCUT2D eigenvalue weighted by Gasteiger charge is -2.01. The largest absolute Gasteiger partial charge is 0.206 e. The minimum absolute atomic E-state index is 0.212. The average Bonchev–Trinajstić information content (AvgIpc) is 2.48. The maximum Gasteiger partial charge on any atom is 0.131 e. The van der Waals surface area contributed by atoms with E-state index in [0.29, 0.717) is 5.56 Å². The SMILES string of the molecule is F/C(=C/c1ccc2ccccc2c1)c1ccccc1. The van der Waals surface area contributed by atoms with E-state index in [1.54, 1.807) is 18.2 Å². The highest BCUT2D eigenvalue weighted by Crippen LogP contribution is 2.22. The van der Waals surface area contributed by atoms with Crippen molar-refractivity contribution >= 4 is 22.7 Å². The third-order valence-corrected chi connectivity index (χ3v) is 3.12. The summed E-state index contributed by atoms with van der Waals surface area (Å²) in [6, 6.07) is 23.1. The van der Waals surface area contributed by atoms with Crippen molar-refractivity contribution in [3.63, 3.8) is 0 Å². The van der Waals surface area contributed by atoms with Crippen LogP contribution in [0.15, 0.2) is 72.8 Å². The molecule has 19 heavy (non-hydrogen) atoms. The van der Waals surface area contributed by atoms with Crippen LogP contribution >= 0.6 is 0 Å². The smallest absolute Gasteiger partial charge is 0.131 e. The number of benzene rings is 3. The van der Waals surface area contributed by atoms with E-state index in [1.807, 2.05) is 54.6 Å². The van der Waals surface area contributed by atoms with Gasteiger partial charge in [-0.15, -0.1) is 0 Å². The fourth-order valence-electron chi connectivity index (χ4n) is 2.12. The summed E-state index contributed by atoms with van der Waals surface area (Å²) < 4.78 is 14.1. The standard InChI is InChI=1S/C18H13F/c19-18(16-7-2-1-3-8-16)13-14-10-11-15-6-4-5-9-17(15)12-14/h1-13H/b18-13+. The molecule has 0 spiro atoms. The highest BCUT2D eigenvalue weighted by atomic mass is 19.1. The van der Waals surface area contributed by atoms with Crippen LogP contribution in [0.5, 0.6) is 0 Å². The molecule has 0 amide bonds. The molecule has 3 rings (SSSR count). The molecule has 3 aromatic rings. The minimum Gasteiger partial charge on any atom is -0.206 e. The highest BCUT2D eigenvalue weighted by molar-refractivity contribution is 5.87. The van der Waals surface area contributed by atoms with Crippen LogP contribution in [0.4, 0.5) is 4.39 Å². The number of hydrogen-bond donors (Lipinski definition) is 0. The first-order valence-corrected chi connectivity index (χ1v) is 6.24. The van der Waals surface area contributed by atoms with Gasteiger partial charge in [-0.05, 0) is 28.5 Å². The van der Waals surface area contributed by atoms with Crippen molar-refractivity contribution in [3.8, 4) is 0 Å². The Bertz CT molecular complexity index is 727. The maximum atomic E-state index is 14.1. The molecule has 0 radical (unpaired) electrons. The summed E-state index contributed by atoms with van der Waals surface area (Å²) in [4.78, 5) is 0. The number of halogens is 1. The van der Waals surface area contributed by atoms with E-state index in [2.05, 4.69) is 6.07 Å². The van der Waals surface area contributed by atoms with Crippen LogP contribution in [0.1, 0.15) is 11.1 Å². The molecular weight excluding hydrogens is 235 g/mol. The normalized spacial score (nSPS) is 11.7. The van der Waals surface area contributed by atoms with Crippen molar-refractivity contribution < 1.29 is 4.39 Å². The lowest BCUT2D eigenvalue weighted by atomic mass is 10.1. The number of rotatable bonds is 2. The van der Waals surface area contributed by atoms with E-state index < -0.39 is 0 Å². The third kappa shape index (κ3) is 2.55. The summed E-state index contributed by atoms with van der Waals surface area (Å²) in [7, 11) is 0. The monoisotopic (exact) mass is 248 g/mol. The van der Waals surface area contributed by atoms with Crippen molar-refractivity contribution in [1.82, 2.24) is 0 Å². The fourth-order valence-corrected chi connectivity index (χ4v) is 2.12. The molecule has 92 valence electrons. The Morgan fingerprint density at radius 1 is 0.737 bits per heavy atom. The van der Waals surface area contributed by atoms with E-state index in [1.165, 1.54) is 5.39 Å². The molecule has 0 saturated carbocycles. The van der Waals surface area contributed by atoms with Crippen molar-refractivity contribution in [3.05, 3.63) is 83.9 Å². The van der Waals surface area contributed by atoms with E-state index >= 15 is 0 Å². The second-order valence-electron chi connectivity index (χ2n) is 4.46. The lowest BCUT2D eigenvalue weighted by Crippen LogP contribution is -1.79. The van der Waals surface area contributed by atoms with Crippen LogP contribution in [-0.2, 0) is 0 Å². The zero-order chi connectivity index (χ0) is 13.1. The van der Waals surface area contributed by atoms with Gasteiger partial charge in [0.2, 0.25) is 0 Å². The fraction of sp³-hybridized carbons (Fsp3) is 0. The third-order valence-electron chi connectivity index (χ3n) is 3.12. The summed E-state index contributed by atoms with van der Waals surface area (Å²) >= 11 is 0. The highest BCUT2D eigenvalue weighted by Gasteiger charge is 2.00. The second-order valence-corrected chi connectivity index (χ2v) is 4.46. The lowest BCUT2D eigenvalue weighted by molar-refractivity contribution is 0.765. The zero-order valence-electron chi connectivity index (χ0n) is 10.4. The van der Waals surface area contributed by atoms with E-state index in [4.69, 9.17) is 0 Å². The Kier molecular flexibility index (Phi) is 3.11. The summed E-state index contributed by atoms with van der Waals surface area (Å²) in [5, 5.41) is 2.29. The van der Waals surface area contributed by atoms with Gasteiger partial charge in [-0.2, -0.15) is 0 Å². The Labute approximate surface area is 111 Å². The first-order chi connectivity index (χ1) is 9.33. The van der Waals surface area contributed by atoms with Crippen LogP contribution in [0.3, 0.4) is 0 Å². The Hall–Kier alpha value is -2.41. The van der Waals surface area contributed by atoms with Crippen molar-refractivity contribution in [1.29, 1.82) is 0 Å². The molecule has 0 atom stereocenters. The Morgan fingerprint density at radius 2 is 1.42 bits per heavy atom. The predicted molar refractivity (Wildman–Crippen MR) is 79.4 cm³/mol. The molecule has 0 unspecified atom stereocenters. The van der Waals surface area contributed by atoms with Crippen LogP contribution in [0, 0.1) is 0 Å². The first-order valence-electron chi connectivity index (χ1n) is 6.24. The summed E-state index contributed by atoms with van der Waals surface area (Å²) in [6.45, 7) is 0. The van der Waals surface area contributed by atoms with Crippen LogP contribution in [0.25, 0.3) is 22.7 Å². The van der Waals surface area contributed by atoms with Crippen molar-refractivity contribution in [2.45, 2.75) is 0 Å². The van der Waals surface area contributed by atoms with Gasteiger partial charge in [0.1, 0.15) is 5.83 Å². The van der Waals surface area contributed by atoms with Crippen LogP contribution in [0.2, 0.25) is 0 Å². The van der Waals surface area contributed by atoms with E-state index in [9.17, 15) is 4.39 Å². The first kappa shape index (κ1) is 11.7. The maximum absolute atomic E-state index is 14.1. The predicted octanol–water partition coefficient (Wildman–Crippen LogP) is 5.31. The molecule has 0 heterocycles. The quantitative estimate of drug-likeness (QED) is 0.539. The Morgan fingerprint density at radius 3 is 2.21 bits per heavy atom. The number of fused-ring (bicyclic) bond motifs is 1. The van der Waals surface area contributed by atoms with Crippen LogP contribution < -0.4 is 0 Å². The van der Waals surface area contributed by atoms with Gasteiger partial charge < -0.3 is 0 Å². The molecule has 1 heteroatoms. The molecule has 0 aliphatic heterocycles. The molecular formula is C18H13F. The van der Waals surface area contributed by atoms with Crippen molar-refractivity contribution in [2.75, 3.05) is 0 Å². The van der Waals surface area contributed by atoms with Crippen LogP contribution in [-0.4, -0.2) is 0 Å². The van der Waals surface area contributed by atoms with Gasteiger partial charge in [0.25, 0.3) is 0 Å². The van der Waals surface area contributed by atoms with E-state index in [-0.39, 0.29) is 5.83 Å². The average molecular weight is 248 g/mol. The molecule has 0 N–H and O–H groups in total. The second kappa shape index (κ2) is 5.07. The number of hydrogen-bond acceptors (Lipinski definition) is 0. The topological polar surface area (TPSA) is 0 Å². The molecule has 0 aliphatic carbocycles. The summed E-state index contributed by atoms with van der Waals surface area (Å²) in [5.74, 6) is -0.212. The molecule has 0 aromatic heterocycles. The van der Waals surface area contributed by atoms with Gasteiger partial charge >= 0.3 is 0 Å². The van der Waals surface area contributed by atoms with Gasteiger partial charge in [-0.25, -0.2) is 4.39 Å². The van der Waals surface area contributed by atoms with Gasteiger partial charge in [0.05, 0.1) is 0 Å². The van der Waals surface area contributed by atoms with E-state index in [0.717, 1.165) is 10.9 Å². The van der Waals surface area contributed by atoms with Gasteiger partial charge in [-0.3, -0.25) is 0 Å². The van der Waals surface area contributed by atoms with Gasteiger partial charge in [0.15, 0.2) is 0 Å². The van der Waals surface area contributed by atoms with Gasteiger partial charge in [-0.1, -0.05) is 66.7 Å². The molecule has 0 nitrogen and oxygen atoms in total. The molecule has 3 aromatic carbocycles. The summed E-state index contributed by atoms with van der Waals surface area (Å²) in [6.07, 6.45) is 1.57. The molecule has 0 saturated heterocycles. The molecule has 0 bridgehead atoms. The molecule has 0 aliphatic rings. The summed E-state index contributed by atoms with van der Waals surface area (Å²) in [5.41, 5.74) is 1.48. The Balaban J connectivity index is 2.01. The van der Waals surface area contributed by atoms with Crippen molar-refractivity contribution in [2.24, 2.45) is 0 Å². The molecule has 0 fully saturated rings. The zero-order valence-corrected chi connectivity index (χ0v) is 10.4.